The van der Waals surface area contributed by atoms with E-state index in [0.29, 0.717) is 18.7 Å². The second-order valence-electron chi connectivity index (χ2n) is 6.56. The fourth-order valence-corrected chi connectivity index (χ4v) is 4.14. The number of benzene rings is 1. The molecule has 1 aliphatic heterocycles. The van der Waals surface area contributed by atoms with E-state index in [4.69, 9.17) is 0 Å². The van der Waals surface area contributed by atoms with Crippen molar-refractivity contribution >= 4 is 15.9 Å². The van der Waals surface area contributed by atoms with E-state index >= 15 is 0 Å². The molecule has 1 aromatic heterocycles. The molecule has 1 saturated heterocycles. The second-order valence-corrected chi connectivity index (χ2v) is 8.34. The molecule has 0 bridgehead atoms. The lowest BCUT2D eigenvalue weighted by atomic mass is 9.99. The molecule has 2 atom stereocenters. The highest BCUT2D eigenvalue weighted by Gasteiger charge is 2.36. The minimum Gasteiger partial charge on any atom is -0.337 e. The van der Waals surface area contributed by atoms with Gasteiger partial charge in [-0.1, -0.05) is 13.3 Å². The number of rotatable bonds is 6. The number of carbonyl (C=O) groups excluding carboxylic acids is 1. The van der Waals surface area contributed by atoms with E-state index in [-0.39, 0.29) is 17.9 Å². The van der Waals surface area contributed by atoms with Gasteiger partial charge in [0.2, 0.25) is 10.0 Å². The van der Waals surface area contributed by atoms with Gasteiger partial charge < -0.3 is 4.90 Å². The summed E-state index contributed by atoms with van der Waals surface area (Å²) in [6, 6.07) is 6.76. The van der Waals surface area contributed by atoms with Crippen LogP contribution in [0.25, 0.3) is 5.69 Å². The summed E-state index contributed by atoms with van der Waals surface area (Å²) in [5.74, 6) is 0.0198. The molecule has 1 aromatic carbocycles. The quantitative estimate of drug-likeness (QED) is 0.782. The summed E-state index contributed by atoms with van der Waals surface area (Å²) in [5, 5.41) is 11.0. The van der Waals surface area contributed by atoms with Gasteiger partial charge >= 0.3 is 0 Å². The highest BCUT2D eigenvalue weighted by Crippen LogP contribution is 2.24. The van der Waals surface area contributed by atoms with Crippen molar-refractivity contribution in [3.8, 4) is 5.69 Å². The number of nitrogens with zero attached hydrogens (tertiary/aromatic N) is 5. The molecule has 26 heavy (non-hydrogen) atoms. The molecular formula is C16H22N6O3S. The zero-order valence-electron chi connectivity index (χ0n) is 14.7. The molecule has 140 valence electrons. The summed E-state index contributed by atoms with van der Waals surface area (Å²) in [6.07, 6.45) is 4.44. The molecule has 0 radical (unpaired) electrons. The molecule has 10 heteroatoms. The van der Waals surface area contributed by atoms with Crippen molar-refractivity contribution in [3.63, 3.8) is 0 Å². The van der Waals surface area contributed by atoms with Crippen LogP contribution in [0.2, 0.25) is 0 Å². The van der Waals surface area contributed by atoms with Crippen LogP contribution >= 0.6 is 0 Å². The van der Waals surface area contributed by atoms with E-state index in [0.717, 1.165) is 24.8 Å². The maximum Gasteiger partial charge on any atom is 0.253 e. The van der Waals surface area contributed by atoms with Gasteiger partial charge in [0, 0.05) is 24.7 Å². The van der Waals surface area contributed by atoms with Crippen LogP contribution in [-0.2, 0) is 10.0 Å². The maximum absolute atomic E-state index is 12.8. The Morgan fingerprint density at radius 3 is 2.58 bits per heavy atom. The van der Waals surface area contributed by atoms with Crippen LogP contribution in [0.1, 0.15) is 30.1 Å². The molecule has 9 nitrogen and oxygen atoms in total. The van der Waals surface area contributed by atoms with Gasteiger partial charge in [0.1, 0.15) is 6.33 Å². The molecule has 0 saturated carbocycles. The van der Waals surface area contributed by atoms with Crippen molar-refractivity contribution in [1.29, 1.82) is 0 Å². The van der Waals surface area contributed by atoms with E-state index in [1.807, 2.05) is 0 Å². The van der Waals surface area contributed by atoms with Crippen molar-refractivity contribution < 1.29 is 13.2 Å². The van der Waals surface area contributed by atoms with Crippen LogP contribution in [0.15, 0.2) is 30.6 Å². The lowest BCUT2D eigenvalue weighted by Crippen LogP contribution is -2.40. The first kappa shape index (κ1) is 18.5. The molecule has 2 heterocycles. The minimum atomic E-state index is -3.31. The summed E-state index contributed by atoms with van der Waals surface area (Å²) in [5.41, 5.74) is 1.31. The van der Waals surface area contributed by atoms with E-state index in [1.165, 1.54) is 11.0 Å². The number of sulfonamides is 1. The number of hydrogen-bond acceptors (Lipinski definition) is 6. The number of hydrogen-bond donors (Lipinski definition) is 1. The van der Waals surface area contributed by atoms with Crippen molar-refractivity contribution in [2.75, 3.05) is 19.3 Å². The van der Waals surface area contributed by atoms with E-state index in [9.17, 15) is 13.2 Å². The molecule has 1 aliphatic rings. The molecule has 0 unspecified atom stereocenters. The smallest absolute Gasteiger partial charge is 0.253 e. The number of amides is 1. The van der Waals surface area contributed by atoms with Gasteiger partial charge in [-0.05, 0) is 47.0 Å². The van der Waals surface area contributed by atoms with Gasteiger partial charge in [0.15, 0.2) is 0 Å². The molecule has 1 fully saturated rings. The van der Waals surface area contributed by atoms with Crippen molar-refractivity contribution in [3.05, 3.63) is 36.2 Å². The van der Waals surface area contributed by atoms with Crippen LogP contribution in [0.4, 0.5) is 0 Å². The Hall–Kier alpha value is -2.33. The van der Waals surface area contributed by atoms with Crippen LogP contribution < -0.4 is 4.72 Å². The van der Waals surface area contributed by atoms with Gasteiger partial charge in [0.05, 0.1) is 11.9 Å². The van der Waals surface area contributed by atoms with Gasteiger partial charge in [-0.15, -0.1) is 5.10 Å². The zero-order chi connectivity index (χ0) is 18.7. The van der Waals surface area contributed by atoms with Crippen molar-refractivity contribution in [2.45, 2.75) is 25.8 Å². The van der Waals surface area contributed by atoms with Crippen LogP contribution in [0, 0.1) is 5.92 Å². The lowest BCUT2D eigenvalue weighted by molar-refractivity contribution is 0.0785. The number of tetrazole rings is 1. The summed E-state index contributed by atoms with van der Waals surface area (Å²) in [4.78, 5) is 14.5. The summed E-state index contributed by atoms with van der Waals surface area (Å²) in [6.45, 7) is 2.99. The highest BCUT2D eigenvalue weighted by molar-refractivity contribution is 7.88. The number of likely N-dealkylation sites (tertiary alicyclic amines) is 1. The Kier molecular flexibility index (Phi) is 5.33. The Bertz CT molecular complexity index is 851. The molecule has 1 amide bonds. The summed E-state index contributed by atoms with van der Waals surface area (Å²) < 4.78 is 27.4. The van der Waals surface area contributed by atoms with E-state index < -0.39 is 10.0 Å². The largest absolute Gasteiger partial charge is 0.337 e. The molecule has 2 aromatic rings. The first-order valence-electron chi connectivity index (χ1n) is 8.47. The number of carbonyl (C=O) groups is 1. The lowest BCUT2D eigenvalue weighted by Gasteiger charge is -2.17. The first-order valence-corrected chi connectivity index (χ1v) is 10.4. The van der Waals surface area contributed by atoms with Gasteiger partial charge in [-0.3, -0.25) is 4.79 Å². The van der Waals surface area contributed by atoms with Crippen LogP contribution in [0.3, 0.4) is 0 Å². The molecule has 3 rings (SSSR count). The van der Waals surface area contributed by atoms with Crippen LogP contribution in [0.5, 0.6) is 0 Å². The normalized spacial score (nSPS) is 20.5. The Labute approximate surface area is 152 Å². The fraction of sp³-hybridized carbons (Fsp3) is 0.500. The summed E-state index contributed by atoms with van der Waals surface area (Å²) in [7, 11) is -3.31. The monoisotopic (exact) mass is 378 g/mol. The van der Waals surface area contributed by atoms with E-state index in [1.54, 1.807) is 29.2 Å². The topological polar surface area (TPSA) is 110 Å². The zero-order valence-corrected chi connectivity index (χ0v) is 15.6. The average Bonchev–Trinajstić information content (AvgIpc) is 3.24. The Morgan fingerprint density at radius 1 is 1.27 bits per heavy atom. The van der Waals surface area contributed by atoms with Gasteiger partial charge in [-0.2, -0.15) is 0 Å². The Balaban J connectivity index is 1.73. The first-order chi connectivity index (χ1) is 12.4. The third-order valence-corrected chi connectivity index (χ3v) is 5.21. The fourth-order valence-electron chi connectivity index (χ4n) is 3.33. The van der Waals surface area contributed by atoms with E-state index in [2.05, 4.69) is 27.2 Å². The average molecular weight is 378 g/mol. The molecular weight excluding hydrogens is 356 g/mol. The molecule has 0 aliphatic carbocycles. The number of nitrogens with one attached hydrogen (secondary N) is 1. The third-order valence-electron chi connectivity index (χ3n) is 4.48. The SMILES string of the molecule is CCC[C@@H]1CN(C(=O)c2ccc(-n3cnnn3)cc2)C[C@H]1NS(C)(=O)=O. The van der Waals surface area contributed by atoms with Crippen molar-refractivity contribution in [1.82, 2.24) is 29.8 Å². The standard InChI is InChI=1S/C16H22N6O3S/c1-3-4-13-9-21(10-15(13)18-26(2,24)25)16(23)12-5-7-14(8-6-12)22-11-17-19-20-22/h5-8,11,13,15,18H,3-4,9-10H2,1-2H3/t13-,15-/m1/s1. The second kappa shape index (κ2) is 7.50. The predicted octanol–water partition coefficient (Wildman–Crippen LogP) is 0.452. The van der Waals surface area contributed by atoms with Crippen molar-refractivity contribution in [2.24, 2.45) is 5.92 Å². The summed E-state index contributed by atoms with van der Waals surface area (Å²) >= 11 is 0. The third kappa shape index (κ3) is 4.25. The van der Waals surface area contributed by atoms with Gasteiger partial charge in [-0.25, -0.2) is 17.8 Å². The highest BCUT2D eigenvalue weighted by atomic mass is 32.2. The molecule has 0 spiro atoms. The van der Waals surface area contributed by atoms with Gasteiger partial charge in [0.25, 0.3) is 5.91 Å². The Morgan fingerprint density at radius 2 is 2.00 bits per heavy atom. The predicted molar refractivity (Wildman–Crippen MR) is 95.2 cm³/mol. The number of aromatic nitrogens is 4. The minimum absolute atomic E-state index is 0.104. The maximum atomic E-state index is 12.8. The molecule has 1 N–H and O–H groups in total. The van der Waals surface area contributed by atoms with Crippen LogP contribution in [-0.4, -0.2) is 64.8 Å².